The Bertz CT molecular complexity index is 916. The topological polar surface area (TPSA) is 9.23 Å². The predicted octanol–water partition coefficient (Wildman–Crippen LogP) is 9.14. The Balaban J connectivity index is 1.71. The second-order valence-corrected chi connectivity index (χ2v) is 11.4. The Morgan fingerprint density at radius 2 is 1.50 bits per heavy atom. The quantitative estimate of drug-likeness (QED) is 0.359. The molecular weight excluding hydrogens is 388 g/mol. The van der Waals surface area contributed by atoms with Crippen molar-refractivity contribution in [3.63, 3.8) is 0 Å². The SMILES string of the molecule is CCC1=C(CCCCCCOC(C)(C)C)c2c(cccc2-c2ccc(C(C)(C)C)cc2)C1. The van der Waals surface area contributed by atoms with Gasteiger partial charge in [0.2, 0.25) is 0 Å². The number of hydrogen-bond donors (Lipinski definition) is 0. The van der Waals surface area contributed by atoms with Gasteiger partial charge in [0.05, 0.1) is 5.60 Å². The van der Waals surface area contributed by atoms with Gasteiger partial charge < -0.3 is 4.74 Å². The standard InChI is InChI=1S/C31H44O/c1-8-23-22-25-14-13-16-28(24-17-19-26(20-18-24)30(2,3)4)29(25)27(23)15-11-9-10-12-21-32-31(5,6)7/h13-14,16-20H,8-12,15,21-22H2,1-7H3. The van der Waals surface area contributed by atoms with Crippen LogP contribution in [0.5, 0.6) is 0 Å². The van der Waals surface area contributed by atoms with Crippen LogP contribution in [0.15, 0.2) is 48.0 Å². The van der Waals surface area contributed by atoms with E-state index in [0.717, 1.165) is 19.4 Å². The van der Waals surface area contributed by atoms with Gasteiger partial charge in [-0.25, -0.2) is 0 Å². The molecule has 32 heavy (non-hydrogen) atoms. The van der Waals surface area contributed by atoms with Crippen molar-refractivity contribution in [2.24, 2.45) is 0 Å². The van der Waals surface area contributed by atoms with Crippen LogP contribution in [0.25, 0.3) is 16.7 Å². The van der Waals surface area contributed by atoms with E-state index in [4.69, 9.17) is 4.74 Å². The molecule has 0 saturated heterocycles. The molecule has 174 valence electrons. The highest BCUT2D eigenvalue weighted by Gasteiger charge is 2.23. The predicted molar refractivity (Wildman–Crippen MR) is 140 cm³/mol. The van der Waals surface area contributed by atoms with Crippen molar-refractivity contribution in [3.8, 4) is 11.1 Å². The monoisotopic (exact) mass is 432 g/mol. The molecule has 2 aromatic carbocycles. The van der Waals surface area contributed by atoms with Crippen molar-refractivity contribution in [2.45, 2.75) is 104 Å². The fraction of sp³-hybridized carbons (Fsp3) is 0.548. The van der Waals surface area contributed by atoms with Gasteiger partial charge in [-0.3, -0.25) is 0 Å². The third-order valence-electron chi connectivity index (χ3n) is 6.63. The van der Waals surface area contributed by atoms with Crippen molar-refractivity contribution in [1.29, 1.82) is 0 Å². The summed E-state index contributed by atoms with van der Waals surface area (Å²) in [5, 5.41) is 0. The first-order valence-corrected chi connectivity index (χ1v) is 12.7. The van der Waals surface area contributed by atoms with Crippen LogP contribution in [0.2, 0.25) is 0 Å². The molecule has 0 unspecified atom stereocenters. The third kappa shape index (κ3) is 6.35. The van der Waals surface area contributed by atoms with Crippen LogP contribution in [0, 0.1) is 0 Å². The molecule has 1 nitrogen and oxygen atoms in total. The van der Waals surface area contributed by atoms with Crippen molar-refractivity contribution >= 4 is 5.57 Å². The molecule has 2 aromatic rings. The van der Waals surface area contributed by atoms with Gasteiger partial charge in [-0.2, -0.15) is 0 Å². The highest BCUT2D eigenvalue weighted by Crippen LogP contribution is 2.43. The van der Waals surface area contributed by atoms with E-state index < -0.39 is 0 Å². The first kappa shape index (κ1) is 24.8. The highest BCUT2D eigenvalue weighted by molar-refractivity contribution is 5.87. The number of fused-ring (bicyclic) bond motifs is 1. The number of rotatable bonds is 9. The lowest BCUT2D eigenvalue weighted by Gasteiger charge is -2.20. The van der Waals surface area contributed by atoms with E-state index in [2.05, 4.69) is 90.9 Å². The van der Waals surface area contributed by atoms with E-state index in [1.807, 2.05) is 0 Å². The van der Waals surface area contributed by atoms with Crippen LogP contribution in [-0.4, -0.2) is 12.2 Å². The van der Waals surface area contributed by atoms with E-state index in [1.165, 1.54) is 59.9 Å². The first-order valence-electron chi connectivity index (χ1n) is 12.7. The van der Waals surface area contributed by atoms with Gasteiger partial charge in [-0.15, -0.1) is 0 Å². The molecule has 1 aliphatic carbocycles. The van der Waals surface area contributed by atoms with E-state index >= 15 is 0 Å². The molecular formula is C31H44O. The molecule has 1 heteroatoms. The number of benzene rings is 2. The average molecular weight is 433 g/mol. The van der Waals surface area contributed by atoms with Crippen molar-refractivity contribution < 1.29 is 4.74 Å². The highest BCUT2D eigenvalue weighted by atomic mass is 16.5. The second kappa shape index (κ2) is 10.4. The minimum absolute atomic E-state index is 0.0180. The number of hydrogen-bond acceptors (Lipinski definition) is 1. The maximum absolute atomic E-state index is 5.87. The van der Waals surface area contributed by atoms with Gasteiger partial charge in [0.15, 0.2) is 0 Å². The summed E-state index contributed by atoms with van der Waals surface area (Å²) < 4.78 is 5.87. The molecule has 0 radical (unpaired) electrons. The second-order valence-electron chi connectivity index (χ2n) is 11.4. The van der Waals surface area contributed by atoms with Gasteiger partial charge in [-0.05, 0) is 91.7 Å². The summed E-state index contributed by atoms with van der Waals surface area (Å²) in [6, 6.07) is 16.2. The molecule has 0 saturated carbocycles. The van der Waals surface area contributed by atoms with Crippen LogP contribution in [-0.2, 0) is 16.6 Å². The Hall–Kier alpha value is -1.86. The van der Waals surface area contributed by atoms with E-state index in [9.17, 15) is 0 Å². The Kier molecular flexibility index (Phi) is 8.04. The summed E-state index contributed by atoms with van der Waals surface area (Å²) in [5.74, 6) is 0. The fourth-order valence-electron chi connectivity index (χ4n) is 4.78. The van der Waals surface area contributed by atoms with E-state index in [-0.39, 0.29) is 11.0 Å². The van der Waals surface area contributed by atoms with E-state index in [0.29, 0.717) is 0 Å². The summed E-state index contributed by atoms with van der Waals surface area (Å²) in [6.45, 7) is 16.5. The van der Waals surface area contributed by atoms with Crippen LogP contribution in [0.4, 0.5) is 0 Å². The molecule has 0 bridgehead atoms. The maximum atomic E-state index is 5.87. The van der Waals surface area contributed by atoms with Crippen LogP contribution in [0.1, 0.15) is 104 Å². The smallest absolute Gasteiger partial charge is 0.0598 e. The lowest BCUT2D eigenvalue weighted by molar-refractivity contribution is -0.00473. The van der Waals surface area contributed by atoms with Crippen LogP contribution in [0.3, 0.4) is 0 Å². The molecule has 0 fully saturated rings. The number of unbranched alkanes of at least 4 members (excludes halogenated alkanes) is 3. The Morgan fingerprint density at radius 1 is 0.812 bits per heavy atom. The minimum atomic E-state index is -0.0180. The Labute approximate surface area is 197 Å². The number of ether oxygens (including phenoxy) is 1. The van der Waals surface area contributed by atoms with Crippen LogP contribution >= 0.6 is 0 Å². The first-order chi connectivity index (χ1) is 15.1. The molecule has 0 spiro atoms. The van der Waals surface area contributed by atoms with Gasteiger partial charge in [0.25, 0.3) is 0 Å². The largest absolute Gasteiger partial charge is 0.376 e. The normalized spacial score (nSPS) is 14.2. The average Bonchev–Trinajstić information content (AvgIpc) is 3.09. The van der Waals surface area contributed by atoms with Crippen LogP contribution < -0.4 is 0 Å². The Morgan fingerprint density at radius 3 is 2.12 bits per heavy atom. The van der Waals surface area contributed by atoms with Gasteiger partial charge in [0.1, 0.15) is 0 Å². The zero-order valence-corrected chi connectivity index (χ0v) is 21.6. The summed E-state index contributed by atoms with van der Waals surface area (Å²) >= 11 is 0. The van der Waals surface area contributed by atoms with Gasteiger partial charge in [0, 0.05) is 6.61 Å². The van der Waals surface area contributed by atoms with Crippen molar-refractivity contribution in [1.82, 2.24) is 0 Å². The molecule has 3 rings (SSSR count). The molecule has 0 aromatic heterocycles. The fourth-order valence-corrected chi connectivity index (χ4v) is 4.78. The van der Waals surface area contributed by atoms with Crippen molar-refractivity contribution in [2.75, 3.05) is 6.61 Å². The van der Waals surface area contributed by atoms with Gasteiger partial charge >= 0.3 is 0 Å². The molecule has 0 amide bonds. The molecule has 0 heterocycles. The molecule has 1 aliphatic rings. The molecule has 0 aliphatic heterocycles. The summed E-state index contributed by atoms with van der Waals surface area (Å²) in [6.07, 6.45) is 8.47. The third-order valence-corrected chi connectivity index (χ3v) is 6.63. The maximum Gasteiger partial charge on any atom is 0.0598 e. The summed E-state index contributed by atoms with van der Waals surface area (Å²) in [7, 11) is 0. The lowest BCUT2D eigenvalue weighted by atomic mass is 9.85. The van der Waals surface area contributed by atoms with Crippen molar-refractivity contribution in [3.05, 3.63) is 64.7 Å². The zero-order chi connectivity index (χ0) is 23.4. The summed E-state index contributed by atoms with van der Waals surface area (Å²) in [5.41, 5.74) is 10.7. The zero-order valence-electron chi connectivity index (χ0n) is 21.6. The molecule has 0 N–H and O–H groups in total. The van der Waals surface area contributed by atoms with E-state index in [1.54, 1.807) is 11.1 Å². The number of allylic oxidation sites excluding steroid dienone is 2. The lowest BCUT2D eigenvalue weighted by Crippen LogP contribution is -2.19. The minimum Gasteiger partial charge on any atom is -0.376 e. The van der Waals surface area contributed by atoms with Gasteiger partial charge in [-0.1, -0.05) is 88.6 Å². The summed E-state index contributed by atoms with van der Waals surface area (Å²) in [4.78, 5) is 0. The molecule has 0 atom stereocenters.